The summed E-state index contributed by atoms with van der Waals surface area (Å²) < 4.78 is 29.1. The van der Waals surface area contributed by atoms with Crippen LogP contribution in [0.1, 0.15) is 0 Å². The summed E-state index contributed by atoms with van der Waals surface area (Å²) in [4.78, 5) is 3.00. The molecule has 0 atom stereocenters. The molecule has 96 valence electrons. The molecule has 1 aromatic heterocycles. The molecule has 0 aliphatic rings. The van der Waals surface area contributed by atoms with E-state index >= 15 is 0 Å². The molecule has 1 heterocycles. The fraction of sp³-hybridized carbons (Fsp3) is 0. The molecule has 0 bridgehead atoms. The number of nitrogens with zero attached hydrogens (tertiary/aromatic N) is 1. The Hall–Kier alpha value is -1.53. The van der Waals surface area contributed by atoms with Crippen molar-refractivity contribution in [2.45, 2.75) is 0 Å². The lowest BCUT2D eigenvalue weighted by molar-refractivity contribution is 0.622. The monoisotopic (exact) mass is 340 g/mol. The number of fused-ring (bicyclic) bond motifs is 1. The summed E-state index contributed by atoms with van der Waals surface area (Å²) in [5.41, 5.74) is 2.00. The highest BCUT2D eigenvalue weighted by molar-refractivity contribution is 9.10. The average Bonchev–Trinajstić information content (AvgIpc) is 2.67. The largest absolute Gasteiger partial charge is 0.330 e. The fourth-order valence-electron chi connectivity index (χ4n) is 1.95. The van der Waals surface area contributed by atoms with Crippen LogP contribution in [0.3, 0.4) is 0 Å². The smallest absolute Gasteiger partial charge is 0.182 e. The predicted molar refractivity (Wildman–Crippen MR) is 76.1 cm³/mol. The molecule has 0 unspecified atom stereocenters. The van der Waals surface area contributed by atoms with Crippen LogP contribution in [0.4, 0.5) is 8.78 Å². The van der Waals surface area contributed by atoms with E-state index in [0.29, 0.717) is 26.0 Å². The van der Waals surface area contributed by atoms with Crippen molar-refractivity contribution in [3.63, 3.8) is 0 Å². The topological polar surface area (TPSA) is 20.7 Å². The van der Waals surface area contributed by atoms with Crippen molar-refractivity contribution in [3.05, 3.63) is 57.3 Å². The Labute approximate surface area is 120 Å². The van der Waals surface area contributed by atoms with Crippen molar-refractivity contribution in [2.24, 2.45) is 0 Å². The molecule has 0 saturated carbocycles. The van der Waals surface area contributed by atoms with Gasteiger partial charge in [0.15, 0.2) is 4.77 Å². The predicted octanol–water partition coefficient (Wildman–Crippen LogP) is 4.73. The number of hydrogen-bond acceptors (Lipinski definition) is 1. The third kappa shape index (κ3) is 2.11. The number of aromatic amines is 1. The second-order valence-corrected chi connectivity index (χ2v) is 5.27. The highest BCUT2D eigenvalue weighted by Crippen LogP contribution is 2.25. The normalized spacial score (nSPS) is 11.1. The van der Waals surface area contributed by atoms with Gasteiger partial charge in [-0.25, -0.2) is 8.78 Å². The van der Waals surface area contributed by atoms with Crippen LogP contribution in [-0.2, 0) is 0 Å². The Morgan fingerprint density at radius 1 is 1.11 bits per heavy atom. The number of hydrogen-bond donors (Lipinski definition) is 1. The van der Waals surface area contributed by atoms with Crippen LogP contribution in [0.15, 0.2) is 40.9 Å². The van der Waals surface area contributed by atoms with Gasteiger partial charge in [0.1, 0.15) is 11.6 Å². The van der Waals surface area contributed by atoms with Crippen molar-refractivity contribution in [2.75, 3.05) is 0 Å². The van der Waals surface area contributed by atoms with Crippen molar-refractivity contribution in [1.29, 1.82) is 0 Å². The minimum Gasteiger partial charge on any atom is -0.330 e. The van der Waals surface area contributed by atoms with Crippen molar-refractivity contribution in [1.82, 2.24) is 9.55 Å². The third-order valence-electron chi connectivity index (χ3n) is 2.81. The van der Waals surface area contributed by atoms with Gasteiger partial charge in [-0.05, 0) is 58.5 Å². The second kappa shape index (κ2) is 4.54. The van der Waals surface area contributed by atoms with Gasteiger partial charge in [0.05, 0.1) is 15.5 Å². The van der Waals surface area contributed by atoms with E-state index in [1.54, 1.807) is 22.8 Å². The van der Waals surface area contributed by atoms with Crippen LogP contribution in [0.5, 0.6) is 0 Å². The molecule has 0 saturated heterocycles. The van der Waals surface area contributed by atoms with Crippen LogP contribution < -0.4 is 0 Å². The maximum absolute atomic E-state index is 13.6. The summed E-state index contributed by atoms with van der Waals surface area (Å²) in [6.45, 7) is 0. The van der Waals surface area contributed by atoms with Gasteiger partial charge >= 0.3 is 0 Å². The first-order valence-corrected chi connectivity index (χ1v) is 6.62. The van der Waals surface area contributed by atoms with Gasteiger partial charge in [0.2, 0.25) is 0 Å². The molecule has 0 aliphatic carbocycles. The Morgan fingerprint density at radius 3 is 2.47 bits per heavy atom. The molecule has 0 fully saturated rings. The van der Waals surface area contributed by atoms with Gasteiger partial charge in [-0.1, -0.05) is 0 Å². The maximum Gasteiger partial charge on any atom is 0.182 e. The third-order valence-corrected chi connectivity index (χ3v) is 3.70. The lowest BCUT2D eigenvalue weighted by atomic mass is 10.2. The average molecular weight is 341 g/mol. The van der Waals surface area contributed by atoms with E-state index in [2.05, 4.69) is 20.9 Å². The first kappa shape index (κ1) is 12.5. The number of H-pyrrole nitrogens is 1. The van der Waals surface area contributed by atoms with Crippen molar-refractivity contribution >= 4 is 39.2 Å². The zero-order chi connectivity index (χ0) is 13.6. The molecule has 6 heteroatoms. The lowest BCUT2D eigenvalue weighted by Gasteiger charge is -2.04. The number of imidazole rings is 1. The van der Waals surface area contributed by atoms with Gasteiger partial charge in [0, 0.05) is 11.8 Å². The second-order valence-electron chi connectivity index (χ2n) is 4.03. The van der Waals surface area contributed by atoms with Crippen molar-refractivity contribution in [3.8, 4) is 5.69 Å². The van der Waals surface area contributed by atoms with E-state index in [-0.39, 0.29) is 11.6 Å². The van der Waals surface area contributed by atoms with Crippen LogP contribution in [0, 0.1) is 16.4 Å². The number of rotatable bonds is 1. The van der Waals surface area contributed by atoms with Crippen LogP contribution in [0.25, 0.3) is 16.7 Å². The number of benzene rings is 2. The van der Waals surface area contributed by atoms with E-state index in [4.69, 9.17) is 12.2 Å². The SMILES string of the molecule is Fc1ccc(-n2c(=S)[nH]c3cc(Br)c(F)cc32)cc1. The molecular formula is C13H7BrF2N2S. The van der Waals surface area contributed by atoms with Gasteiger partial charge in [0.25, 0.3) is 0 Å². The van der Waals surface area contributed by atoms with Gasteiger partial charge in [-0.2, -0.15) is 0 Å². The lowest BCUT2D eigenvalue weighted by Crippen LogP contribution is -1.94. The summed E-state index contributed by atoms with van der Waals surface area (Å²) in [6.07, 6.45) is 0. The minimum atomic E-state index is -0.377. The molecule has 2 nitrogen and oxygen atoms in total. The van der Waals surface area contributed by atoms with Gasteiger partial charge in [-0.3, -0.25) is 4.57 Å². The molecule has 3 rings (SSSR count). The Bertz CT molecular complexity index is 821. The van der Waals surface area contributed by atoms with Crippen LogP contribution in [-0.4, -0.2) is 9.55 Å². The Balaban J connectivity index is 2.34. The fourth-order valence-corrected chi connectivity index (χ4v) is 2.61. The van der Waals surface area contributed by atoms with Gasteiger partial charge in [-0.15, -0.1) is 0 Å². The summed E-state index contributed by atoms with van der Waals surface area (Å²) in [5.74, 6) is -0.707. The molecule has 2 aromatic carbocycles. The first-order chi connectivity index (χ1) is 9.06. The number of nitrogens with one attached hydrogen (secondary N) is 1. The van der Waals surface area contributed by atoms with E-state index in [1.165, 1.54) is 18.2 Å². The summed E-state index contributed by atoms with van der Waals surface area (Å²) in [6, 6.07) is 8.88. The van der Waals surface area contributed by atoms with E-state index in [0.717, 1.165) is 0 Å². The quantitative estimate of drug-likeness (QED) is 0.635. The van der Waals surface area contributed by atoms with E-state index < -0.39 is 0 Å². The molecule has 19 heavy (non-hydrogen) atoms. The standard InChI is InChI=1S/C13H7BrF2N2S/c14-9-5-11-12(6-10(9)16)18(13(19)17-11)8-3-1-7(15)2-4-8/h1-6H,(H,17,19). The minimum absolute atomic E-state index is 0.330. The van der Waals surface area contributed by atoms with E-state index in [1.807, 2.05) is 0 Å². The Kier molecular flexibility index (Phi) is 2.99. The molecular weight excluding hydrogens is 334 g/mol. The molecule has 1 N–H and O–H groups in total. The van der Waals surface area contributed by atoms with Crippen molar-refractivity contribution < 1.29 is 8.78 Å². The zero-order valence-corrected chi connectivity index (χ0v) is 11.9. The first-order valence-electron chi connectivity index (χ1n) is 5.42. The summed E-state index contributed by atoms with van der Waals surface area (Å²) in [5, 5.41) is 0. The summed E-state index contributed by atoms with van der Waals surface area (Å²) in [7, 11) is 0. The highest BCUT2D eigenvalue weighted by atomic mass is 79.9. The molecule has 0 spiro atoms. The van der Waals surface area contributed by atoms with Crippen LogP contribution >= 0.6 is 28.1 Å². The molecule has 0 radical (unpaired) electrons. The molecule has 0 amide bonds. The number of halogens is 3. The molecule has 0 aliphatic heterocycles. The number of aromatic nitrogens is 2. The highest BCUT2D eigenvalue weighted by Gasteiger charge is 2.10. The zero-order valence-electron chi connectivity index (χ0n) is 9.45. The molecule has 3 aromatic rings. The summed E-state index contributed by atoms with van der Waals surface area (Å²) >= 11 is 8.36. The Morgan fingerprint density at radius 2 is 1.79 bits per heavy atom. The van der Waals surface area contributed by atoms with Gasteiger partial charge < -0.3 is 4.98 Å². The van der Waals surface area contributed by atoms with Crippen LogP contribution in [0.2, 0.25) is 0 Å². The maximum atomic E-state index is 13.6. The van der Waals surface area contributed by atoms with E-state index in [9.17, 15) is 8.78 Å².